The number of ether oxygens (including phenoxy) is 1. The van der Waals surface area contributed by atoms with Crippen LogP contribution in [0.3, 0.4) is 0 Å². The Labute approximate surface area is 117 Å². The second-order valence-electron chi connectivity index (χ2n) is 4.94. The molecule has 20 heavy (non-hydrogen) atoms. The highest BCUT2D eigenvalue weighted by Crippen LogP contribution is 2.31. The van der Waals surface area contributed by atoms with Gasteiger partial charge in [-0.05, 0) is 24.5 Å². The summed E-state index contributed by atoms with van der Waals surface area (Å²) in [6.07, 6.45) is -3.77. The van der Waals surface area contributed by atoms with Gasteiger partial charge in [0.15, 0.2) is 0 Å². The van der Waals surface area contributed by atoms with Crippen LogP contribution in [0.4, 0.5) is 8.78 Å². The molecule has 0 saturated carbocycles. The van der Waals surface area contributed by atoms with Crippen molar-refractivity contribution in [2.75, 3.05) is 6.61 Å². The minimum atomic E-state index is -2.61. The molecule has 0 radical (unpaired) electrons. The standard InChI is InChI=1S/C15H20F2O3/c1-4-20-15(19)12(9(2)3)13(18)10-6-5-7-11(8-10)14(16)17/h5-9,12-14,18H,4H2,1-3H3. The SMILES string of the molecule is CCOC(=O)C(C(C)C)C(O)c1cccc(C(F)F)c1. The Morgan fingerprint density at radius 1 is 1.30 bits per heavy atom. The molecule has 1 rings (SSSR count). The van der Waals surface area contributed by atoms with E-state index in [4.69, 9.17) is 4.74 Å². The molecule has 0 amide bonds. The highest BCUT2D eigenvalue weighted by atomic mass is 19.3. The minimum absolute atomic E-state index is 0.167. The molecule has 3 nitrogen and oxygen atoms in total. The van der Waals surface area contributed by atoms with E-state index >= 15 is 0 Å². The largest absolute Gasteiger partial charge is 0.466 e. The third kappa shape index (κ3) is 4.00. The summed E-state index contributed by atoms with van der Waals surface area (Å²) in [4.78, 5) is 11.9. The van der Waals surface area contributed by atoms with Gasteiger partial charge in [0.2, 0.25) is 0 Å². The Hall–Kier alpha value is -1.49. The zero-order valence-corrected chi connectivity index (χ0v) is 11.8. The second-order valence-corrected chi connectivity index (χ2v) is 4.94. The molecule has 1 aromatic rings. The van der Waals surface area contributed by atoms with Crippen molar-refractivity contribution in [3.8, 4) is 0 Å². The number of carbonyl (C=O) groups is 1. The first kappa shape index (κ1) is 16.6. The van der Waals surface area contributed by atoms with E-state index in [1.54, 1.807) is 20.8 Å². The molecule has 112 valence electrons. The smallest absolute Gasteiger partial charge is 0.312 e. The van der Waals surface area contributed by atoms with Crippen LogP contribution in [0.5, 0.6) is 0 Å². The number of alkyl halides is 2. The highest BCUT2D eigenvalue weighted by molar-refractivity contribution is 5.73. The lowest BCUT2D eigenvalue weighted by atomic mass is 9.86. The van der Waals surface area contributed by atoms with E-state index in [-0.39, 0.29) is 18.1 Å². The van der Waals surface area contributed by atoms with Gasteiger partial charge in [-0.3, -0.25) is 4.79 Å². The third-order valence-electron chi connectivity index (χ3n) is 3.12. The quantitative estimate of drug-likeness (QED) is 0.814. The van der Waals surface area contributed by atoms with Crippen molar-refractivity contribution >= 4 is 5.97 Å². The Morgan fingerprint density at radius 2 is 1.90 bits per heavy atom. The predicted molar refractivity (Wildman–Crippen MR) is 71.3 cm³/mol. The zero-order valence-electron chi connectivity index (χ0n) is 11.8. The van der Waals surface area contributed by atoms with E-state index < -0.39 is 24.4 Å². The van der Waals surface area contributed by atoms with E-state index in [1.807, 2.05) is 0 Å². The van der Waals surface area contributed by atoms with Crippen LogP contribution < -0.4 is 0 Å². The van der Waals surface area contributed by atoms with Gasteiger partial charge in [-0.15, -0.1) is 0 Å². The Kier molecular flexibility index (Phi) is 6.07. The average Bonchev–Trinajstić information content (AvgIpc) is 2.38. The number of hydrogen-bond acceptors (Lipinski definition) is 3. The molecular formula is C15H20F2O3. The third-order valence-corrected chi connectivity index (χ3v) is 3.12. The molecule has 5 heteroatoms. The molecule has 2 atom stereocenters. The molecular weight excluding hydrogens is 266 g/mol. The molecule has 0 bridgehead atoms. The molecule has 0 fully saturated rings. The molecule has 0 aliphatic heterocycles. The maximum atomic E-state index is 12.7. The van der Waals surface area contributed by atoms with Gasteiger partial charge in [0.05, 0.1) is 18.6 Å². The van der Waals surface area contributed by atoms with Crippen molar-refractivity contribution in [1.82, 2.24) is 0 Å². The molecule has 0 spiro atoms. The van der Waals surface area contributed by atoms with Gasteiger partial charge in [0, 0.05) is 5.56 Å². The van der Waals surface area contributed by atoms with Crippen LogP contribution in [0.25, 0.3) is 0 Å². The van der Waals surface area contributed by atoms with Crippen LogP contribution in [0.1, 0.15) is 44.4 Å². The van der Waals surface area contributed by atoms with E-state index in [2.05, 4.69) is 0 Å². The summed E-state index contributed by atoms with van der Waals surface area (Å²) in [6.45, 7) is 5.45. The van der Waals surface area contributed by atoms with Crippen molar-refractivity contribution in [2.45, 2.75) is 33.3 Å². The summed E-state index contributed by atoms with van der Waals surface area (Å²) in [7, 11) is 0. The topological polar surface area (TPSA) is 46.5 Å². The fraction of sp³-hybridized carbons (Fsp3) is 0.533. The molecule has 2 unspecified atom stereocenters. The van der Waals surface area contributed by atoms with E-state index in [1.165, 1.54) is 24.3 Å². The van der Waals surface area contributed by atoms with E-state index in [0.717, 1.165) is 0 Å². The molecule has 1 aromatic carbocycles. The van der Waals surface area contributed by atoms with Crippen LogP contribution >= 0.6 is 0 Å². The Balaban J connectivity index is 3.03. The van der Waals surface area contributed by atoms with Crippen molar-refractivity contribution < 1.29 is 23.4 Å². The predicted octanol–water partition coefficient (Wildman–Crippen LogP) is 3.49. The van der Waals surface area contributed by atoms with Crippen LogP contribution in [0, 0.1) is 11.8 Å². The number of aliphatic hydroxyl groups is 1. The van der Waals surface area contributed by atoms with Gasteiger partial charge < -0.3 is 9.84 Å². The summed E-state index contributed by atoms with van der Waals surface area (Å²) in [5, 5.41) is 10.3. The number of halogens is 2. The first-order valence-electron chi connectivity index (χ1n) is 6.61. The lowest BCUT2D eigenvalue weighted by Crippen LogP contribution is -2.29. The van der Waals surface area contributed by atoms with Crippen molar-refractivity contribution in [2.24, 2.45) is 11.8 Å². The first-order valence-corrected chi connectivity index (χ1v) is 6.61. The normalized spacial score (nSPS) is 14.4. The van der Waals surface area contributed by atoms with E-state index in [9.17, 15) is 18.7 Å². The maximum absolute atomic E-state index is 12.7. The van der Waals surface area contributed by atoms with Gasteiger partial charge in [-0.25, -0.2) is 8.78 Å². The number of hydrogen-bond donors (Lipinski definition) is 1. The number of esters is 1. The fourth-order valence-electron chi connectivity index (χ4n) is 2.09. The Morgan fingerprint density at radius 3 is 2.40 bits per heavy atom. The van der Waals surface area contributed by atoms with E-state index in [0.29, 0.717) is 5.56 Å². The van der Waals surface area contributed by atoms with Crippen molar-refractivity contribution in [3.05, 3.63) is 35.4 Å². The molecule has 1 N–H and O–H groups in total. The number of benzene rings is 1. The van der Waals surface area contributed by atoms with Crippen molar-refractivity contribution in [3.63, 3.8) is 0 Å². The fourth-order valence-corrected chi connectivity index (χ4v) is 2.09. The van der Waals surface area contributed by atoms with Gasteiger partial charge in [-0.2, -0.15) is 0 Å². The summed E-state index contributed by atoms with van der Waals surface area (Å²) in [5.74, 6) is -1.46. The van der Waals surface area contributed by atoms with Crippen LogP contribution in [0.15, 0.2) is 24.3 Å². The summed E-state index contributed by atoms with van der Waals surface area (Å²) in [6, 6.07) is 5.49. The van der Waals surface area contributed by atoms with Gasteiger partial charge in [0.25, 0.3) is 6.43 Å². The summed E-state index contributed by atoms with van der Waals surface area (Å²) >= 11 is 0. The minimum Gasteiger partial charge on any atom is -0.466 e. The first-order chi connectivity index (χ1) is 9.38. The molecule has 0 heterocycles. The number of rotatable bonds is 6. The monoisotopic (exact) mass is 286 g/mol. The Bertz CT molecular complexity index is 446. The van der Waals surface area contributed by atoms with Gasteiger partial charge in [-0.1, -0.05) is 32.0 Å². The molecule has 0 saturated heterocycles. The maximum Gasteiger partial charge on any atom is 0.312 e. The lowest BCUT2D eigenvalue weighted by molar-refractivity contribution is -0.154. The summed E-state index contributed by atoms with van der Waals surface area (Å²) < 4.78 is 30.3. The molecule has 0 aromatic heterocycles. The summed E-state index contributed by atoms with van der Waals surface area (Å²) in [5.41, 5.74) is 0.127. The van der Waals surface area contributed by atoms with Crippen LogP contribution in [-0.2, 0) is 9.53 Å². The van der Waals surface area contributed by atoms with Crippen LogP contribution in [-0.4, -0.2) is 17.7 Å². The average molecular weight is 286 g/mol. The molecule has 0 aliphatic rings. The van der Waals surface area contributed by atoms with Gasteiger partial charge in [0.1, 0.15) is 0 Å². The second kappa shape index (κ2) is 7.33. The van der Waals surface area contributed by atoms with Gasteiger partial charge >= 0.3 is 5.97 Å². The lowest BCUT2D eigenvalue weighted by Gasteiger charge is -2.25. The number of aliphatic hydroxyl groups excluding tert-OH is 1. The van der Waals surface area contributed by atoms with Crippen LogP contribution in [0.2, 0.25) is 0 Å². The highest BCUT2D eigenvalue weighted by Gasteiger charge is 2.32. The molecule has 0 aliphatic carbocycles. The zero-order chi connectivity index (χ0) is 15.3. The number of carbonyl (C=O) groups excluding carboxylic acids is 1. The van der Waals surface area contributed by atoms with Crippen molar-refractivity contribution in [1.29, 1.82) is 0 Å².